The first-order valence-electron chi connectivity index (χ1n) is 7.25. The molecule has 20 heavy (non-hydrogen) atoms. The summed E-state index contributed by atoms with van der Waals surface area (Å²) in [6, 6.07) is 13.0. The average molecular weight is 268 g/mol. The molecule has 2 heterocycles. The highest BCUT2D eigenvalue weighted by molar-refractivity contribution is 5.65. The van der Waals surface area contributed by atoms with E-state index in [1.54, 1.807) is 0 Å². The molecule has 0 bridgehead atoms. The molecule has 3 heteroatoms. The molecule has 1 saturated heterocycles. The van der Waals surface area contributed by atoms with Crippen molar-refractivity contribution in [2.75, 3.05) is 31.2 Å². The van der Waals surface area contributed by atoms with Gasteiger partial charge in [0.05, 0.1) is 13.2 Å². The van der Waals surface area contributed by atoms with Crippen molar-refractivity contribution in [1.82, 2.24) is 4.98 Å². The molecule has 1 aromatic heterocycles. The summed E-state index contributed by atoms with van der Waals surface area (Å²) in [5.74, 6) is 0. The number of benzene rings is 1. The topological polar surface area (TPSA) is 25.4 Å². The van der Waals surface area contributed by atoms with Crippen LogP contribution >= 0.6 is 0 Å². The highest BCUT2D eigenvalue weighted by atomic mass is 16.5. The van der Waals surface area contributed by atoms with Gasteiger partial charge < -0.3 is 9.64 Å². The molecule has 0 aliphatic carbocycles. The Hall–Kier alpha value is -1.87. The fraction of sp³-hybridized carbons (Fsp3) is 0.353. The maximum Gasteiger partial charge on any atom is 0.0642 e. The van der Waals surface area contributed by atoms with Gasteiger partial charge >= 0.3 is 0 Å². The average Bonchev–Trinajstić information content (AvgIpc) is 2.56. The fourth-order valence-electron chi connectivity index (χ4n) is 2.49. The first-order valence-corrected chi connectivity index (χ1v) is 7.25. The molecule has 3 rings (SSSR count). The number of pyridine rings is 1. The second-order valence-corrected chi connectivity index (χ2v) is 5.04. The molecule has 0 amide bonds. The Morgan fingerprint density at radius 2 is 1.70 bits per heavy atom. The lowest BCUT2D eigenvalue weighted by atomic mass is 10.1. The SMILES string of the molecule is CCc1ccc(-c2ccc(N3CCOCC3)cc2)cn1. The van der Waals surface area contributed by atoms with E-state index in [0.29, 0.717) is 0 Å². The van der Waals surface area contributed by atoms with Gasteiger partial charge in [-0.25, -0.2) is 0 Å². The number of hydrogen-bond acceptors (Lipinski definition) is 3. The van der Waals surface area contributed by atoms with Gasteiger partial charge in [-0.3, -0.25) is 4.98 Å². The number of rotatable bonds is 3. The van der Waals surface area contributed by atoms with Gasteiger partial charge in [0, 0.05) is 36.2 Å². The lowest BCUT2D eigenvalue weighted by Crippen LogP contribution is -2.36. The summed E-state index contributed by atoms with van der Waals surface area (Å²) in [4.78, 5) is 6.83. The van der Waals surface area contributed by atoms with Gasteiger partial charge in [0.15, 0.2) is 0 Å². The molecule has 1 aliphatic heterocycles. The van der Waals surface area contributed by atoms with Crippen LogP contribution in [0.15, 0.2) is 42.6 Å². The summed E-state index contributed by atoms with van der Waals surface area (Å²) in [7, 11) is 0. The first-order chi connectivity index (χ1) is 9.86. The molecule has 0 unspecified atom stereocenters. The van der Waals surface area contributed by atoms with Gasteiger partial charge in [-0.2, -0.15) is 0 Å². The van der Waals surface area contributed by atoms with Crippen molar-refractivity contribution < 1.29 is 4.74 Å². The molecule has 1 aromatic carbocycles. The lowest BCUT2D eigenvalue weighted by Gasteiger charge is -2.28. The number of morpholine rings is 1. The quantitative estimate of drug-likeness (QED) is 0.855. The zero-order valence-corrected chi connectivity index (χ0v) is 11.9. The number of aromatic nitrogens is 1. The van der Waals surface area contributed by atoms with Crippen molar-refractivity contribution >= 4 is 5.69 Å². The Bertz CT molecular complexity index is 542. The van der Waals surface area contributed by atoms with Gasteiger partial charge in [-0.05, 0) is 30.2 Å². The molecule has 0 radical (unpaired) electrons. The van der Waals surface area contributed by atoms with E-state index in [1.807, 2.05) is 6.20 Å². The Morgan fingerprint density at radius 3 is 2.30 bits per heavy atom. The third kappa shape index (κ3) is 2.83. The minimum atomic E-state index is 0.824. The zero-order valence-electron chi connectivity index (χ0n) is 11.9. The number of anilines is 1. The van der Waals surface area contributed by atoms with Gasteiger partial charge in [0.25, 0.3) is 0 Å². The van der Waals surface area contributed by atoms with E-state index in [9.17, 15) is 0 Å². The van der Waals surface area contributed by atoms with E-state index in [4.69, 9.17) is 4.74 Å². The van der Waals surface area contributed by atoms with E-state index in [1.165, 1.54) is 16.8 Å². The van der Waals surface area contributed by atoms with E-state index in [2.05, 4.69) is 53.2 Å². The Morgan fingerprint density at radius 1 is 1.00 bits per heavy atom. The Balaban J connectivity index is 1.77. The minimum Gasteiger partial charge on any atom is -0.378 e. The van der Waals surface area contributed by atoms with Crippen LogP contribution < -0.4 is 4.90 Å². The Kier molecular flexibility index (Phi) is 3.97. The van der Waals surface area contributed by atoms with Crippen LogP contribution in [0.25, 0.3) is 11.1 Å². The number of nitrogens with zero attached hydrogens (tertiary/aromatic N) is 2. The van der Waals surface area contributed by atoms with Crippen molar-refractivity contribution in [3.63, 3.8) is 0 Å². The zero-order chi connectivity index (χ0) is 13.8. The maximum absolute atomic E-state index is 5.39. The smallest absolute Gasteiger partial charge is 0.0642 e. The van der Waals surface area contributed by atoms with Gasteiger partial charge in [0.1, 0.15) is 0 Å². The second-order valence-electron chi connectivity index (χ2n) is 5.04. The molecule has 3 nitrogen and oxygen atoms in total. The summed E-state index contributed by atoms with van der Waals surface area (Å²) in [5.41, 5.74) is 4.81. The Labute approximate surface area is 120 Å². The van der Waals surface area contributed by atoms with E-state index >= 15 is 0 Å². The standard InChI is InChI=1S/C17H20N2O/c1-2-16-6-3-15(13-18-16)14-4-7-17(8-5-14)19-9-11-20-12-10-19/h3-8,13H,2,9-12H2,1H3. The summed E-state index contributed by atoms with van der Waals surface area (Å²) in [5, 5.41) is 0. The number of ether oxygens (including phenoxy) is 1. The van der Waals surface area contributed by atoms with Crippen LogP contribution in [-0.4, -0.2) is 31.3 Å². The third-order valence-corrected chi connectivity index (χ3v) is 3.76. The van der Waals surface area contributed by atoms with E-state index in [0.717, 1.165) is 38.4 Å². The van der Waals surface area contributed by atoms with Crippen molar-refractivity contribution in [2.45, 2.75) is 13.3 Å². The summed E-state index contributed by atoms with van der Waals surface area (Å²) >= 11 is 0. The van der Waals surface area contributed by atoms with Crippen LogP contribution in [-0.2, 0) is 11.2 Å². The van der Waals surface area contributed by atoms with E-state index in [-0.39, 0.29) is 0 Å². The minimum absolute atomic E-state index is 0.824. The van der Waals surface area contributed by atoms with Gasteiger partial charge in [0.2, 0.25) is 0 Å². The molecule has 0 spiro atoms. The first kappa shape index (κ1) is 13.1. The van der Waals surface area contributed by atoms with Crippen molar-refractivity contribution in [3.8, 4) is 11.1 Å². The molecule has 0 N–H and O–H groups in total. The van der Waals surface area contributed by atoms with Crippen LogP contribution in [0.3, 0.4) is 0 Å². The van der Waals surface area contributed by atoms with E-state index < -0.39 is 0 Å². The third-order valence-electron chi connectivity index (χ3n) is 3.76. The monoisotopic (exact) mass is 268 g/mol. The predicted octanol–water partition coefficient (Wildman–Crippen LogP) is 3.15. The fourth-order valence-corrected chi connectivity index (χ4v) is 2.49. The second kappa shape index (κ2) is 6.06. The van der Waals surface area contributed by atoms with Crippen LogP contribution in [0.1, 0.15) is 12.6 Å². The molecule has 104 valence electrons. The lowest BCUT2D eigenvalue weighted by molar-refractivity contribution is 0.122. The summed E-state index contributed by atoms with van der Waals surface area (Å²) in [6.07, 6.45) is 2.94. The summed E-state index contributed by atoms with van der Waals surface area (Å²) < 4.78 is 5.39. The highest BCUT2D eigenvalue weighted by Gasteiger charge is 2.10. The normalized spacial score (nSPS) is 15.3. The molecule has 1 aliphatic rings. The predicted molar refractivity (Wildman–Crippen MR) is 82.1 cm³/mol. The number of hydrogen-bond donors (Lipinski definition) is 0. The van der Waals surface area contributed by atoms with Gasteiger partial charge in [-0.15, -0.1) is 0 Å². The molecular weight excluding hydrogens is 248 g/mol. The molecule has 2 aromatic rings. The highest BCUT2D eigenvalue weighted by Crippen LogP contribution is 2.23. The molecule has 1 fully saturated rings. The van der Waals surface area contributed by atoms with Crippen molar-refractivity contribution in [3.05, 3.63) is 48.3 Å². The molecular formula is C17H20N2O. The largest absolute Gasteiger partial charge is 0.378 e. The van der Waals surface area contributed by atoms with Crippen LogP contribution in [0.2, 0.25) is 0 Å². The van der Waals surface area contributed by atoms with Crippen LogP contribution in [0, 0.1) is 0 Å². The van der Waals surface area contributed by atoms with Gasteiger partial charge in [-0.1, -0.05) is 25.1 Å². The van der Waals surface area contributed by atoms with Crippen molar-refractivity contribution in [2.24, 2.45) is 0 Å². The molecule has 0 saturated carbocycles. The number of aryl methyl sites for hydroxylation is 1. The van der Waals surface area contributed by atoms with Crippen molar-refractivity contribution in [1.29, 1.82) is 0 Å². The van der Waals surface area contributed by atoms with Crippen LogP contribution in [0.4, 0.5) is 5.69 Å². The summed E-state index contributed by atoms with van der Waals surface area (Å²) in [6.45, 7) is 5.73. The molecule has 0 atom stereocenters. The van der Waals surface area contributed by atoms with Crippen LogP contribution in [0.5, 0.6) is 0 Å². The maximum atomic E-state index is 5.39.